The summed E-state index contributed by atoms with van der Waals surface area (Å²) >= 11 is 8.64. The van der Waals surface area contributed by atoms with Crippen molar-refractivity contribution >= 4 is 57.0 Å². The van der Waals surface area contributed by atoms with E-state index in [9.17, 15) is 9.18 Å². The van der Waals surface area contributed by atoms with Crippen molar-refractivity contribution in [3.63, 3.8) is 0 Å². The molecule has 1 aromatic heterocycles. The number of thioether (sulfide) groups is 1. The number of aliphatic imine (C=N–C) groups is 1. The first-order chi connectivity index (χ1) is 11.5. The number of thiazole rings is 1. The van der Waals surface area contributed by atoms with Crippen LogP contribution >= 0.6 is 34.7 Å². The maximum atomic E-state index is 14.0. The van der Waals surface area contributed by atoms with E-state index in [4.69, 9.17) is 11.6 Å². The van der Waals surface area contributed by atoms with E-state index in [0.717, 1.165) is 5.69 Å². The quantitative estimate of drug-likeness (QED) is 0.712. The van der Waals surface area contributed by atoms with Crippen molar-refractivity contribution in [2.45, 2.75) is 13.8 Å². The zero-order valence-corrected chi connectivity index (χ0v) is 15.3. The zero-order chi connectivity index (χ0) is 17.3. The maximum Gasteiger partial charge on any atom is 0.266 e. The Labute approximate surface area is 152 Å². The van der Waals surface area contributed by atoms with Gasteiger partial charge in [0, 0.05) is 17.5 Å². The number of carbonyl (C=O) groups excluding carboxylic acids is 1. The molecule has 1 aromatic carbocycles. The third-order valence-electron chi connectivity index (χ3n) is 3.28. The highest BCUT2D eigenvalue weighted by Gasteiger charge is 2.32. The number of hydrogen-bond acceptors (Lipinski definition) is 5. The van der Waals surface area contributed by atoms with Crippen LogP contribution in [0.3, 0.4) is 0 Å². The smallest absolute Gasteiger partial charge is 0.266 e. The van der Waals surface area contributed by atoms with E-state index in [2.05, 4.69) is 9.98 Å². The minimum Gasteiger partial charge on any atom is -0.287 e. The number of halogens is 2. The molecule has 0 bridgehead atoms. The highest BCUT2D eigenvalue weighted by Crippen LogP contribution is 2.35. The molecule has 1 saturated heterocycles. The number of aromatic nitrogens is 1. The SMILES string of the molecule is CCN1C(=O)/C(=C/c2c(F)cccc2Cl)S/C1=N/c1nc(C)cs1. The molecular formula is C16H13ClFN3OS2. The second-order valence-electron chi connectivity index (χ2n) is 4.96. The van der Waals surface area contributed by atoms with Gasteiger partial charge in [0.15, 0.2) is 5.17 Å². The van der Waals surface area contributed by atoms with Gasteiger partial charge in [0.05, 0.1) is 15.6 Å². The molecule has 0 N–H and O–H groups in total. The number of nitrogens with zero attached hydrogens (tertiary/aromatic N) is 3. The molecule has 24 heavy (non-hydrogen) atoms. The molecule has 3 rings (SSSR count). The molecule has 1 aliphatic heterocycles. The molecule has 1 amide bonds. The van der Waals surface area contributed by atoms with E-state index < -0.39 is 5.82 Å². The predicted molar refractivity (Wildman–Crippen MR) is 98.3 cm³/mol. The van der Waals surface area contributed by atoms with Gasteiger partial charge in [-0.1, -0.05) is 17.7 Å². The molecular weight excluding hydrogens is 369 g/mol. The number of carbonyl (C=O) groups is 1. The van der Waals surface area contributed by atoms with Gasteiger partial charge in [-0.05, 0) is 43.8 Å². The molecule has 4 nitrogen and oxygen atoms in total. The van der Waals surface area contributed by atoms with Gasteiger partial charge in [0.1, 0.15) is 5.82 Å². The average Bonchev–Trinajstić information content (AvgIpc) is 3.07. The van der Waals surface area contributed by atoms with Gasteiger partial charge in [0.2, 0.25) is 5.13 Å². The minimum absolute atomic E-state index is 0.206. The highest BCUT2D eigenvalue weighted by atomic mass is 35.5. The third kappa shape index (κ3) is 3.38. The van der Waals surface area contributed by atoms with Crippen LogP contribution in [0.25, 0.3) is 6.08 Å². The lowest BCUT2D eigenvalue weighted by atomic mass is 10.2. The van der Waals surface area contributed by atoms with Crippen molar-refractivity contribution in [2.75, 3.05) is 6.54 Å². The van der Waals surface area contributed by atoms with Gasteiger partial charge in [0.25, 0.3) is 5.91 Å². The number of amides is 1. The Morgan fingerprint density at radius 1 is 1.46 bits per heavy atom. The molecule has 0 unspecified atom stereocenters. The highest BCUT2D eigenvalue weighted by molar-refractivity contribution is 8.18. The molecule has 0 aliphatic carbocycles. The lowest BCUT2D eigenvalue weighted by molar-refractivity contribution is -0.122. The van der Waals surface area contributed by atoms with Crippen LogP contribution in [0.2, 0.25) is 5.02 Å². The van der Waals surface area contributed by atoms with Gasteiger partial charge in [-0.25, -0.2) is 9.37 Å². The van der Waals surface area contributed by atoms with E-state index in [1.54, 1.807) is 11.0 Å². The Kier molecular flexibility index (Phi) is 5.03. The van der Waals surface area contributed by atoms with E-state index in [-0.39, 0.29) is 16.5 Å². The molecule has 1 aliphatic rings. The van der Waals surface area contributed by atoms with Crippen molar-refractivity contribution in [3.8, 4) is 0 Å². The minimum atomic E-state index is -0.465. The van der Waals surface area contributed by atoms with Crippen LogP contribution in [0.15, 0.2) is 33.5 Å². The summed E-state index contributed by atoms with van der Waals surface area (Å²) in [4.78, 5) is 23.2. The van der Waals surface area contributed by atoms with Crippen LogP contribution in [0.1, 0.15) is 18.2 Å². The number of rotatable bonds is 3. The number of aryl methyl sites for hydroxylation is 1. The average molecular weight is 382 g/mol. The molecule has 0 saturated carbocycles. The Morgan fingerprint density at radius 2 is 2.25 bits per heavy atom. The van der Waals surface area contributed by atoms with Crippen molar-refractivity contribution in [1.82, 2.24) is 9.88 Å². The molecule has 8 heteroatoms. The summed E-state index contributed by atoms with van der Waals surface area (Å²) in [5.74, 6) is -0.679. The van der Waals surface area contributed by atoms with Crippen LogP contribution in [0.4, 0.5) is 9.52 Å². The molecule has 2 aromatic rings. The summed E-state index contributed by atoms with van der Waals surface area (Å²) in [7, 11) is 0. The van der Waals surface area contributed by atoms with Crippen molar-refractivity contribution in [2.24, 2.45) is 4.99 Å². The summed E-state index contributed by atoms with van der Waals surface area (Å²) < 4.78 is 14.0. The van der Waals surface area contributed by atoms with Gasteiger partial charge < -0.3 is 0 Å². The molecule has 2 heterocycles. The Bertz CT molecular complexity index is 843. The fourth-order valence-corrected chi connectivity index (χ4v) is 4.09. The van der Waals surface area contributed by atoms with E-state index >= 15 is 0 Å². The third-order valence-corrected chi connectivity index (χ3v) is 5.47. The first-order valence-electron chi connectivity index (χ1n) is 7.16. The summed E-state index contributed by atoms with van der Waals surface area (Å²) in [6, 6.07) is 4.43. The van der Waals surface area contributed by atoms with Crippen LogP contribution in [-0.4, -0.2) is 27.5 Å². The molecule has 1 fully saturated rings. The largest absolute Gasteiger partial charge is 0.287 e. The van der Waals surface area contributed by atoms with Crippen molar-refractivity contribution in [3.05, 3.63) is 50.6 Å². The van der Waals surface area contributed by atoms with Crippen LogP contribution in [0, 0.1) is 12.7 Å². The number of benzene rings is 1. The Hall–Kier alpha value is -1.70. The van der Waals surface area contributed by atoms with Gasteiger partial charge in [-0.15, -0.1) is 11.3 Å². The fourth-order valence-electron chi connectivity index (χ4n) is 2.12. The summed E-state index contributed by atoms with van der Waals surface area (Å²) in [5.41, 5.74) is 1.09. The standard InChI is InChI=1S/C16H13ClFN3OS2/c1-3-21-14(22)13(7-10-11(17)5-4-6-12(10)18)24-16(21)20-15-19-9(2)8-23-15/h4-8H,3H2,1-2H3/b13-7-,20-16+. The number of hydrogen-bond donors (Lipinski definition) is 0. The van der Waals surface area contributed by atoms with Gasteiger partial charge in [-0.3, -0.25) is 9.69 Å². The zero-order valence-electron chi connectivity index (χ0n) is 12.9. The van der Waals surface area contributed by atoms with Crippen LogP contribution < -0.4 is 0 Å². The van der Waals surface area contributed by atoms with Crippen LogP contribution in [0.5, 0.6) is 0 Å². The first kappa shape index (κ1) is 17.1. The molecule has 124 valence electrons. The molecule has 0 atom stereocenters. The first-order valence-corrected chi connectivity index (χ1v) is 9.23. The van der Waals surface area contributed by atoms with Crippen molar-refractivity contribution < 1.29 is 9.18 Å². The second-order valence-corrected chi connectivity index (χ2v) is 7.21. The molecule has 0 spiro atoms. The summed E-state index contributed by atoms with van der Waals surface area (Å²) in [5, 5.41) is 3.29. The van der Waals surface area contributed by atoms with Gasteiger partial charge >= 0.3 is 0 Å². The lowest BCUT2D eigenvalue weighted by Gasteiger charge is -2.11. The molecule has 0 radical (unpaired) electrons. The van der Waals surface area contributed by atoms with E-state index in [1.807, 2.05) is 19.2 Å². The maximum absolute atomic E-state index is 14.0. The van der Waals surface area contributed by atoms with E-state index in [0.29, 0.717) is 21.7 Å². The predicted octanol–water partition coefficient (Wildman–Crippen LogP) is 4.87. The Morgan fingerprint density at radius 3 is 2.88 bits per heavy atom. The van der Waals surface area contributed by atoms with Gasteiger partial charge in [-0.2, -0.15) is 4.99 Å². The van der Waals surface area contributed by atoms with Crippen molar-refractivity contribution in [1.29, 1.82) is 0 Å². The Balaban J connectivity index is 1.98. The van der Waals surface area contributed by atoms with Crippen LogP contribution in [-0.2, 0) is 4.79 Å². The number of amidine groups is 1. The second kappa shape index (κ2) is 7.04. The lowest BCUT2D eigenvalue weighted by Crippen LogP contribution is -2.28. The fraction of sp³-hybridized carbons (Fsp3) is 0.188. The topological polar surface area (TPSA) is 45.6 Å². The summed E-state index contributed by atoms with van der Waals surface area (Å²) in [6.45, 7) is 4.22. The number of likely N-dealkylation sites (N-methyl/N-ethyl adjacent to an activating group) is 1. The summed E-state index contributed by atoms with van der Waals surface area (Å²) in [6.07, 6.45) is 1.48. The normalized spacial score (nSPS) is 18.2. The van der Waals surface area contributed by atoms with E-state index in [1.165, 1.54) is 41.3 Å². The monoisotopic (exact) mass is 381 g/mol.